The van der Waals surface area contributed by atoms with Gasteiger partial charge in [0.2, 0.25) is 0 Å². The van der Waals surface area contributed by atoms with E-state index in [1.165, 1.54) is 0 Å². The van der Waals surface area contributed by atoms with Crippen LogP contribution in [0.15, 0.2) is 18.2 Å². The number of hydrogen-bond acceptors (Lipinski definition) is 3. The number of benzene rings is 1. The zero-order chi connectivity index (χ0) is 11.8. The summed E-state index contributed by atoms with van der Waals surface area (Å²) in [5, 5.41) is 20.3. The highest BCUT2D eigenvalue weighted by atomic mass is 16.6. The van der Waals surface area contributed by atoms with Gasteiger partial charge in [-0.2, -0.15) is 5.26 Å². The molecule has 0 bridgehead atoms. The van der Waals surface area contributed by atoms with Crippen molar-refractivity contribution < 1.29 is 4.92 Å². The van der Waals surface area contributed by atoms with Crippen molar-refractivity contribution in [1.29, 1.82) is 5.26 Å². The molecule has 0 unspecified atom stereocenters. The van der Waals surface area contributed by atoms with E-state index in [-0.39, 0.29) is 10.6 Å². The van der Waals surface area contributed by atoms with E-state index in [0.717, 1.165) is 19.3 Å². The van der Waals surface area contributed by atoms with Gasteiger partial charge in [0.15, 0.2) is 0 Å². The largest absolute Gasteiger partial charge is 0.277 e. The van der Waals surface area contributed by atoms with E-state index in [1.807, 2.05) is 0 Å². The van der Waals surface area contributed by atoms with Crippen LogP contribution in [-0.2, 0) is 5.41 Å². The third-order valence-corrected chi connectivity index (χ3v) is 3.36. The second-order valence-corrected chi connectivity index (χ2v) is 4.28. The molecule has 0 spiro atoms. The Bertz CT molecular complexity index is 484. The van der Waals surface area contributed by atoms with E-state index in [0.29, 0.717) is 11.1 Å². The number of rotatable bonds is 2. The molecule has 2 rings (SSSR count). The Labute approximate surface area is 93.7 Å². The molecular formula is C12H12N2O2. The highest BCUT2D eigenvalue weighted by Crippen LogP contribution is 2.47. The zero-order valence-electron chi connectivity index (χ0n) is 9.06. The molecule has 0 radical (unpaired) electrons. The lowest BCUT2D eigenvalue weighted by Gasteiger charge is -2.35. The Hall–Kier alpha value is -1.89. The van der Waals surface area contributed by atoms with Gasteiger partial charge in [-0.05, 0) is 26.2 Å². The summed E-state index contributed by atoms with van der Waals surface area (Å²) in [4.78, 5) is 10.7. The lowest BCUT2D eigenvalue weighted by atomic mass is 9.65. The Morgan fingerprint density at radius 1 is 1.50 bits per heavy atom. The Morgan fingerprint density at radius 3 is 2.62 bits per heavy atom. The number of nitrogens with zero attached hydrogens (tertiary/aromatic N) is 2. The van der Waals surface area contributed by atoms with Crippen molar-refractivity contribution >= 4 is 5.69 Å². The minimum Gasteiger partial charge on any atom is -0.258 e. The number of aryl methyl sites for hydroxylation is 1. The molecule has 0 aliphatic heterocycles. The van der Waals surface area contributed by atoms with Gasteiger partial charge in [0.25, 0.3) is 5.69 Å². The smallest absolute Gasteiger partial charge is 0.258 e. The first kappa shape index (κ1) is 10.6. The summed E-state index contributed by atoms with van der Waals surface area (Å²) in [6, 6.07) is 7.47. The van der Waals surface area contributed by atoms with Crippen molar-refractivity contribution in [2.45, 2.75) is 31.6 Å². The summed E-state index contributed by atoms with van der Waals surface area (Å²) in [6.45, 7) is 1.71. The maximum atomic E-state index is 11.0. The predicted octanol–water partition coefficient (Wildman–Crippen LogP) is 2.85. The molecule has 1 aromatic carbocycles. The molecule has 0 aromatic heterocycles. The van der Waals surface area contributed by atoms with Crippen molar-refractivity contribution in [3.05, 3.63) is 39.4 Å². The average Bonchev–Trinajstić information content (AvgIpc) is 2.16. The highest BCUT2D eigenvalue weighted by Gasteiger charge is 2.43. The van der Waals surface area contributed by atoms with Crippen LogP contribution < -0.4 is 0 Å². The Morgan fingerprint density at radius 2 is 2.19 bits per heavy atom. The molecule has 4 nitrogen and oxygen atoms in total. The molecule has 4 heteroatoms. The molecule has 0 heterocycles. The van der Waals surface area contributed by atoms with Gasteiger partial charge in [0, 0.05) is 5.56 Å². The molecule has 1 saturated carbocycles. The van der Waals surface area contributed by atoms with Crippen molar-refractivity contribution in [3.8, 4) is 6.07 Å². The summed E-state index contributed by atoms with van der Waals surface area (Å²) >= 11 is 0. The van der Waals surface area contributed by atoms with Gasteiger partial charge in [0.05, 0.1) is 22.0 Å². The zero-order valence-corrected chi connectivity index (χ0v) is 9.06. The molecular weight excluding hydrogens is 204 g/mol. The fourth-order valence-corrected chi connectivity index (χ4v) is 2.26. The van der Waals surface area contributed by atoms with E-state index in [9.17, 15) is 15.4 Å². The molecule has 0 N–H and O–H groups in total. The lowest BCUT2D eigenvalue weighted by molar-refractivity contribution is -0.386. The highest BCUT2D eigenvalue weighted by molar-refractivity contribution is 5.54. The monoisotopic (exact) mass is 216 g/mol. The van der Waals surface area contributed by atoms with Crippen LogP contribution in [0, 0.1) is 28.4 Å². The molecule has 1 aliphatic rings. The fourth-order valence-electron chi connectivity index (χ4n) is 2.26. The first-order valence-electron chi connectivity index (χ1n) is 5.26. The van der Waals surface area contributed by atoms with Crippen molar-refractivity contribution in [1.82, 2.24) is 0 Å². The van der Waals surface area contributed by atoms with E-state index in [2.05, 4.69) is 6.07 Å². The molecule has 82 valence electrons. The van der Waals surface area contributed by atoms with Gasteiger partial charge in [-0.1, -0.05) is 18.2 Å². The second-order valence-electron chi connectivity index (χ2n) is 4.28. The minimum atomic E-state index is -0.617. The first-order chi connectivity index (χ1) is 7.60. The van der Waals surface area contributed by atoms with E-state index in [4.69, 9.17) is 0 Å². The molecule has 1 aliphatic carbocycles. The van der Waals surface area contributed by atoms with Crippen molar-refractivity contribution in [2.75, 3.05) is 0 Å². The SMILES string of the molecule is Cc1cccc(C2(C#N)CCC2)c1[N+](=O)[O-]. The average molecular weight is 216 g/mol. The predicted molar refractivity (Wildman–Crippen MR) is 59.0 cm³/mol. The summed E-state index contributed by atoms with van der Waals surface area (Å²) in [5.74, 6) is 0. The number of hydrogen-bond donors (Lipinski definition) is 0. The Balaban J connectivity index is 2.61. The van der Waals surface area contributed by atoms with Crippen molar-refractivity contribution in [3.63, 3.8) is 0 Å². The standard InChI is InChI=1S/C12H12N2O2/c1-9-4-2-5-10(11(9)14(15)16)12(8-13)6-3-7-12/h2,4-5H,3,6-7H2,1H3. The van der Waals surface area contributed by atoms with Crippen LogP contribution in [0.25, 0.3) is 0 Å². The molecule has 16 heavy (non-hydrogen) atoms. The van der Waals surface area contributed by atoms with Crippen LogP contribution >= 0.6 is 0 Å². The topological polar surface area (TPSA) is 66.9 Å². The minimum absolute atomic E-state index is 0.115. The fraction of sp³-hybridized carbons (Fsp3) is 0.417. The van der Waals surface area contributed by atoms with Crippen LogP contribution in [0.4, 0.5) is 5.69 Å². The van der Waals surface area contributed by atoms with Crippen LogP contribution in [-0.4, -0.2) is 4.92 Å². The molecule has 0 saturated heterocycles. The van der Waals surface area contributed by atoms with E-state index in [1.54, 1.807) is 25.1 Å². The summed E-state index contributed by atoms with van der Waals surface area (Å²) < 4.78 is 0. The number of nitro groups is 1. The molecule has 1 fully saturated rings. The van der Waals surface area contributed by atoms with E-state index >= 15 is 0 Å². The van der Waals surface area contributed by atoms with Crippen molar-refractivity contribution in [2.24, 2.45) is 0 Å². The van der Waals surface area contributed by atoms with Crippen LogP contribution in [0.1, 0.15) is 30.4 Å². The number of nitro benzene ring substituents is 1. The van der Waals surface area contributed by atoms with Crippen LogP contribution in [0.3, 0.4) is 0 Å². The molecule has 0 amide bonds. The van der Waals surface area contributed by atoms with Crippen LogP contribution in [0.5, 0.6) is 0 Å². The summed E-state index contributed by atoms with van der Waals surface area (Å²) in [5.41, 5.74) is 0.716. The third-order valence-electron chi connectivity index (χ3n) is 3.36. The normalized spacial score (nSPS) is 17.2. The lowest BCUT2D eigenvalue weighted by Crippen LogP contribution is -2.33. The first-order valence-corrected chi connectivity index (χ1v) is 5.26. The summed E-state index contributed by atoms with van der Waals surface area (Å²) in [7, 11) is 0. The van der Waals surface area contributed by atoms with Gasteiger partial charge in [-0.3, -0.25) is 10.1 Å². The van der Waals surface area contributed by atoms with Gasteiger partial charge in [-0.25, -0.2) is 0 Å². The molecule has 1 aromatic rings. The van der Waals surface area contributed by atoms with Gasteiger partial charge < -0.3 is 0 Å². The Kier molecular flexibility index (Phi) is 2.39. The van der Waals surface area contributed by atoms with Gasteiger partial charge >= 0.3 is 0 Å². The summed E-state index contributed by atoms with van der Waals surface area (Å²) in [6.07, 6.45) is 2.43. The van der Waals surface area contributed by atoms with Crippen LogP contribution in [0.2, 0.25) is 0 Å². The molecule has 0 atom stereocenters. The third kappa shape index (κ3) is 1.36. The maximum Gasteiger partial charge on any atom is 0.277 e. The number of para-hydroxylation sites is 1. The second kappa shape index (κ2) is 3.60. The maximum absolute atomic E-state index is 11.0. The quantitative estimate of drug-likeness (QED) is 0.563. The van der Waals surface area contributed by atoms with Gasteiger partial charge in [-0.15, -0.1) is 0 Å². The van der Waals surface area contributed by atoms with Gasteiger partial charge in [0.1, 0.15) is 0 Å². The number of nitriles is 1. The van der Waals surface area contributed by atoms with E-state index < -0.39 is 5.41 Å².